The summed E-state index contributed by atoms with van der Waals surface area (Å²) in [5, 5.41) is 0. The van der Waals surface area contributed by atoms with Gasteiger partial charge in [-0.1, -0.05) is 11.6 Å². The molecule has 1 fully saturated rings. The first-order chi connectivity index (χ1) is 10.1. The molecule has 0 radical (unpaired) electrons. The molecular weight excluding hydrogens is 334 g/mol. The third-order valence-corrected chi connectivity index (χ3v) is 5.40. The number of carbonyl (C=O) groups is 2. The van der Waals surface area contributed by atoms with Crippen LogP contribution in [-0.2, 0) is 24.8 Å². The van der Waals surface area contributed by atoms with Gasteiger partial charge in [0.2, 0.25) is 5.91 Å². The number of amides is 1. The number of hydrogen-bond donors (Lipinski definition) is 0. The van der Waals surface area contributed by atoms with E-state index in [1.54, 1.807) is 4.90 Å². The summed E-state index contributed by atoms with van der Waals surface area (Å²) in [5.74, 6) is 0.554. The Bertz CT molecular complexity index is 508. The van der Waals surface area contributed by atoms with Crippen molar-refractivity contribution in [3.63, 3.8) is 0 Å². The van der Waals surface area contributed by atoms with Gasteiger partial charge in [-0.3, -0.25) is 4.79 Å². The third kappa shape index (κ3) is 4.60. The van der Waals surface area contributed by atoms with Crippen LogP contribution in [0, 0.1) is 0 Å². The van der Waals surface area contributed by atoms with E-state index in [4.69, 9.17) is 21.1 Å². The fourth-order valence-corrected chi connectivity index (χ4v) is 4.09. The van der Waals surface area contributed by atoms with Crippen LogP contribution in [0.5, 0.6) is 0 Å². The van der Waals surface area contributed by atoms with Crippen LogP contribution >= 0.6 is 34.7 Å². The molecule has 1 aliphatic heterocycles. The number of methoxy groups -OCH3 is 1. The van der Waals surface area contributed by atoms with Crippen molar-refractivity contribution in [2.24, 2.45) is 0 Å². The van der Waals surface area contributed by atoms with Crippen LogP contribution in [0.3, 0.4) is 0 Å². The van der Waals surface area contributed by atoms with Crippen molar-refractivity contribution in [1.82, 2.24) is 4.90 Å². The van der Waals surface area contributed by atoms with E-state index in [0.717, 1.165) is 15.0 Å². The Hall–Kier alpha value is -0.760. The van der Waals surface area contributed by atoms with Crippen molar-refractivity contribution >= 4 is 46.6 Å². The molecule has 116 valence electrons. The van der Waals surface area contributed by atoms with Crippen LogP contribution in [0.1, 0.15) is 4.88 Å². The van der Waals surface area contributed by atoms with Crippen molar-refractivity contribution in [3.8, 4) is 0 Å². The van der Waals surface area contributed by atoms with Crippen LogP contribution in [0.15, 0.2) is 12.1 Å². The van der Waals surface area contributed by atoms with E-state index in [2.05, 4.69) is 0 Å². The smallest absolute Gasteiger partial charge is 0.331 e. The average Bonchev–Trinajstić information content (AvgIpc) is 2.91. The van der Waals surface area contributed by atoms with Crippen molar-refractivity contribution in [1.29, 1.82) is 0 Å². The lowest BCUT2D eigenvalue weighted by molar-refractivity contribution is -0.159. The predicted molar refractivity (Wildman–Crippen MR) is 83.8 cm³/mol. The summed E-state index contributed by atoms with van der Waals surface area (Å²) in [5.41, 5.74) is 0. The molecule has 0 aromatic carbocycles. The van der Waals surface area contributed by atoms with Gasteiger partial charge in [0.15, 0.2) is 6.04 Å². The van der Waals surface area contributed by atoms with Gasteiger partial charge in [0.05, 0.1) is 30.4 Å². The van der Waals surface area contributed by atoms with Gasteiger partial charge in [-0.25, -0.2) is 4.79 Å². The van der Waals surface area contributed by atoms with Gasteiger partial charge in [-0.2, -0.15) is 0 Å². The van der Waals surface area contributed by atoms with Crippen LogP contribution in [0.25, 0.3) is 0 Å². The van der Waals surface area contributed by atoms with Gasteiger partial charge in [0.25, 0.3) is 0 Å². The zero-order chi connectivity index (χ0) is 15.2. The van der Waals surface area contributed by atoms with E-state index in [-0.39, 0.29) is 12.5 Å². The second-order valence-electron chi connectivity index (χ2n) is 4.40. The SMILES string of the molecule is COC(=O)C1COCCN1C(=O)CSCc1ccc(Cl)s1. The molecule has 1 atom stereocenters. The fraction of sp³-hybridized carbons (Fsp3) is 0.538. The van der Waals surface area contributed by atoms with E-state index in [1.807, 2.05) is 12.1 Å². The molecule has 1 aromatic heterocycles. The normalized spacial score (nSPS) is 18.6. The molecule has 0 aliphatic carbocycles. The van der Waals surface area contributed by atoms with Crippen LogP contribution in [0.2, 0.25) is 4.34 Å². The van der Waals surface area contributed by atoms with E-state index in [0.29, 0.717) is 18.9 Å². The molecule has 1 amide bonds. The van der Waals surface area contributed by atoms with Crippen molar-refractivity contribution in [3.05, 3.63) is 21.3 Å². The second kappa shape index (κ2) is 8.03. The summed E-state index contributed by atoms with van der Waals surface area (Å²) in [6.07, 6.45) is 0. The number of nitrogens with zero attached hydrogens (tertiary/aromatic N) is 1. The summed E-state index contributed by atoms with van der Waals surface area (Å²) >= 11 is 8.88. The highest BCUT2D eigenvalue weighted by molar-refractivity contribution is 7.99. The van der Waals surface area contributed by atoms with Gasteiger partial charge in [0, 0.05) is 17.2 Å². The number of halogens is 1. The van der Waals surface area contributed by atoms with Crippen LogP contribution in [-0.4, -0.2) is 55.4 Å². The number of ether oxygens (including phenoxy) is 2. The zero-order valence-electron chi connectivity index (χ0n) is 11.5. The number of esters is 1. The number of thiophene rings is 1. The second-order valence-corrected chi connectivity index (χ2v) is 7.18. The Labute approximate surface area is 136 Å². The largest absolute Gasteiger partial charge is 0.467 e. The molecule has 21 heavy (non-hydrogen) atoms. The van der Waals surface area contributed by atoms with E-state index in [1.165, 1.54) is 30.2 Å². The minimum atomic E-state index is -0.631. The molecule has 1 unspecified atom stereocenters. The number of morpholine rings is 1. The first-order valence-corrected chi connectivity index (χ1v) is 8.73. The Balaban J connectivity index is 1.84. The Morgan fingerprint density at radius 2 is 2.38 bits per heavy atom. The Kier molecular flexibility index (Phi) is 6.35. The summed E-state index contributed by atoms with van der Waals surface area (Å²) in [7, 11) is 1.31. The van der Waals surface area contributed by atoms with Crippen molar-refractivity contribution in [2.45, 2.75) is 11.8 Å². The van der Waals surface area contributed by atoms with Crippen LogP contribution in [0.4, 0.5) is 0 Å². The maximum Gasteiger partial charge on any atom is 0.331 e. The lowest BCUT2D eigenvalue weighted by Crippen LogP contribution is -2.53. The summed E-state index contributed by atoms with van der Waals surface area (Å²) in [6.45, 7) is 1.07. The highest BCUT2D eigenvalue weighted by Crippen LogP contribution is 2.25. The van der Waals surface area contributed by atoms with Crippen molar-refractivity contribution in [2.75, 3.05) is 32.6 Å². The molecule has 0 saturated carbocycles. The minimum absolute atomic E-state index is 0.0682. The maximum atomic E-state index is 12.2. The molecule has 2 rings (SSSR count). The number of rotatable bonds is 5. The summed E-state index contributed by atoms with van der Waals surface area (Å²) in [6, 6.07) is 3.17. The molecule has 0 N–H and O–H groups in total. The Morgan fingerprint density at radius 3 is 3.05 bits per heavy atom. The van der Waals surface area contributed by atoms with Gasteiger partial charge >= 0.3 is 5.97 Å². The molecular formula is C13H16ClNO4S2. The van der Waals surface area contributed by atoms with E-state index in [9.17, 15) is 9.59 Å². The van der Waals surface area contributed by atoms with E-state index < -0.39 is 12.0 Å². The number of thioether (sulfide) groups is 1. The quantitative estimate of drug-likeness (QED) is 0.761. The lowest BCUT2D eigenvalue weighted by atomic mass is 10.2. The van der Waals surface area contributed by atoms with Gasteiger partial charge in [-0.15, -0.1) is 23.1 Å². The standard InChI is InChI=1S/C13H16ClNO4S2/c1-18-13(17)10-6-19-5-4-15(10)12(16)8-20-7-9-2-3-11(14)21-9/h2-3,10H,4-8H2,1H3. The predicted octanol–water partition coefficient (Wildman–Crippen LogP) is 2.04. The molecule has 2 heterocycles. The molecule has 1 aliphatic rings. The van der Waals surface area contributed by atoms with Gasteiger partial charge in [-0.05, 0) is 12.1 Å². The third-order valence-electron chi connectivity index (χ3n) is 3.02. The molecule has 1 saturated heterocycles. The summed E-state index contributed by atoms with van der Waals surface area (Å²) in [4.78, 5) is 26.6. The maximum absolute atomic E-state index is 12.2. The molecule has 0 bridgehead atoms. The lowest BCUT2D eigenvalue weighted by Gasteiger charge is -2.33. The monoisotopic (exact) mass is 349 g/mol. The first kappa shape index (κ1) is 16.6. The molecule has 5 nitrogen and oxygen atoms in total. The zero-order valence-corrected chi connectivity index (χ0v) is 13.9. The highest BCUT2D eigenvalue weighted by atomic mass is 35.5. The van der Waals surface area contributed by atoms with Crippen LogP contribution < -0.4 is 0 Å². The number of carbonyl (C=O) groups excluding carboxylic acids is 2. The fourth-order valence-electron chi connectivity index (χ4n) is 1.98. The highest BCUT2D eigenvalue weighted by Gasteiger charge is 2.33. The van der Waals surface area contributed by atoms with E-state index >= 15 is 0 Å². The van der Waals surface area contributed by atoms with Crippen molar-refractivity contribution < 1.29 is 19.1 Å². The average molecular weight is 350 g/mol. The van der Waals surface area contributed by atoms with Gasteiger partial charge < -0.3 is 14.4 Å². The molecule has 8 heteroatoms. The first-order valence-electron chi connectivity index (χ1n) is 6.39. The minimum Gasteiger partial charge on any atom is -0.467 e. The van der Waals surface area contributed by atoms with Gasteiger partial charge in [0.1, 0.15) is 0 Å². The summed E-state index contributed by atoms with van der Waals surface area (Å²) < 4.78 is 10.7. The molecule has 1 aromatic rings. The number of hydrogen-bond acceptors (Lipinski definition) is 6. The Morgan fingerprint density at radius 1 is 1.57 bits per heavy atom. The topological polar surface area (TPSA) is 55.8 Å². The molecule has 0 spiro atoms.